The van der Waals surface area contributed by atoms with Gasteiger partial charge in [-0.1, -0.05) is 13.0 Å². The van der Waals surface area contributed by atoms with Crippen molar-refractivity contribution in [2.75, 3.05) is 20.3 Å². The van der Waals surface area contributed by atoms with Crippen molar-refractivity contribution < 1.29 is 4.74 Å². The average molecular weight is 220 g/mol. The second-order valence-electron chi connectivity index (χ2n) is 4.61. The van der Waals surface area contributed by atoms with Crippen LogP contribution in [0.25, 0.3) is 0 Å². The molecule has 0 bridgehead atoms. The minimum absolute atomic E-state index is 0.440. The fourth-order valence-electron chi connectivity index (χ4n) is 2.30. The molecular formula is C13H20N2O. The quantitative estimate of drug-likeness (QED) is 0.823. The fraction of sp³-hybridized carbons (Fsp3) is 0.615. The van der Waals surface area contributed by atoms with Crippen molar-refractivity contribution in [1.82, 2.24) is 10.3 Å². The van der Waals surface area contributed by atoms with Crippen LogP contribution < -0.4 is 5.32 Å². The summed E-state index contributed by atoms with van der Waals surface area (Å²) in [5, 5.41) is 3.58. The van der Waals surface area contributed by atoms with E-state index in [0.717, 1.165) is 19.6 Å². The molecule has 0 aliphatic heterocycles. The number of nitrogens with zero attached hydrogens (tertiary/aromatic N) is 1. The van der Waals surface area contributed by atoms with Crippen molar-refractivity contribution >= 4 is 0 Å². The predicted molar refractivity (Wildman–Crippen MR) is 64.3 cm³/mol. The van der Waals surface area contributed by atoms with Crippen LogP contribution in [0, 0.1) is 5.92 Å². The normalized spacial score (nSPS) is 20.8. The number of aromatic nitrogens is 1. The number of pyridine rings is 1. The van der Waals surface area contributed by atoms with Crippen LogP contribution in [-0.2, 0) is 11.2 Å². The summed E-state index contributed by atoms with van der Waals surface area (Å²) in [4.78, 5) is 4.47. The summed E-state index contributed by atoms with van der Waals surface area (Å²) in [6, 6.07) is 4.65. The molecule has 1 N–H and O–H groups in total. The van der Waals surface area contributed by atoms with Gasteiger partial charge in [0.25, 0.3) is 0 Å². The van der Waals surface area contributed by atoms with Gasteiger partial charge in [-0.05, 0) is 30.4 Å². The van der Waals surface area contributed by atoms with Gasteiger partial charge in [-0.15, -0.1) is 0 Å². The lowest BCUT2D eigenvalue weighted by Gasteiger charge is -2.16. The second-order valence-corrected chi connectivity index (χ2v) is 4.61. The molecule has 3 heteroatoms. The second kappa shape index (κ2) is 5.41. The molecule has 3 nitrogen and oxygen atoms in total. The first-order valence-electron chi connectivity index (χ1n) is 5.97. The third kappa shape index (κ3) is 2.60. The minimum atomic E-state index is 0.440. The Bertz CT molecular complexity index is 340. The Morgan fingerprint density at radius 3 is 3.31 bits per heavy atom. The van der Waals surface area contributed by atoms with Crippen molar-refractivity contribution in [2.45, 2.75) is 25.8 Å². The zero-order valence-electron chi connectivity index (χ0n) is 10.1. The number of rotatable bonds is 5. The minimum Gasteiger partial charge on any atom is -0.384 e. The molecule has 1 heterocycles. The van der Waals surface area contributed by atoms with Crippen molar-refractivity contribution in [2.24, 2.45) is 5.92 Å². The largest absolute Gasteiger partial charge is 0.384 e. The highest BCUT2D eigenvalue weighted by molar-refractivity contribution is 5.27. The van der Waals surface area contributed by atoms with Crippen LogP contribution in [0.1, 0.15) is 30.6 Å². The van der Waals surface area contributed by atoms with Crippen molar-refractivity contribution in [3.05, 3.63) is 29.6 Å². The maximum atomic E-state index is 5.13. The van der Waals surface area contributed by atoms with E-state index < -0.39 is 0 Å². The lowest BCUT2D eigenvalue weighted by atomic mass is 10.1. The molecule has 16 heavy (non-hydrogen) atoms. The van der Waals surface area contributed by atoms with Crippen LogP contribution in [0.5, 0.6) is 0 Å². The summed E-state index contributed by atoms with van der Waals surface area (Å²) in [7, 11) is 1.75. The molecule has 0 saturated heterocycles. The van der Waals surface area contributed by atoms with Gasteiger partial charge in [-0.3, -0.25) is 4.98 Å². The van der Waals surface area contributed by atoms with E-state index in [4.69, 9.17) is 4.74 Å². The van der Waals surface area contributed by atoms with E-state index >= 15 is 0 Å². The standard InChI is InChI=1S/C13H20N2O/c1-10(9-16-2)8-15-12-6-5-11-4-3-7-14-13(11)12/h3-4,7,10,12,15H,5-6,8-9H2,1-2H3. The fourth-order valence-corrected chi connectivity index (χ4v) is 2.30. The summed E-state index contributed by atoms with van der Waals surface area (Å²) in [6.07, 6.45) is 4.21. The number of methoxy groups -OCH3 is 1. The van der Waals surface area contributed by atoms with E-state index in [1.165, 1.54) is 17.7 Å². The van der Waals surface area contributed by atoms with E-state index in [0.29, 0.717) is 12.0 Å². The van der Waals surface area contributed by atoms with Gasteiger partial charge in [-0.25, -0.2) is 0 Å². The van der Waals surface area contributed by atoms with Gasteiger partial charge in [0.05, 0.1) is 11.7 Å². The molecule has 0 saturated carbocycles. The van der Waals surface area contributed by atoms with Gasteiger partial charge in [0, 0.05) is 26.5 Å². The van der Waals surface area contributed by atoms with E-state index in [2.05, 4.69) is 23.3 Å². The molecule has 0 amide bonds. The molecule has 2 rings (SSSR count). The number of aryl methyl sites for hydroxylation is 1. The van der Waals surface area contributed by atoms with Gasteiger partial charge >= 0.3 is 0 Å². The number of nitrogens with one attached hydrogen (secondary N) is 1. The smallest absolute Gasteiger partial charge is 0.0605 e. The number of hydrogen-bond acceptors (Lipinski definition) is 3. The molecule has 0 radical (unpaired) electrons. The molecule has 2 unspecified atom stereocenters. The Kier molecular flexibility index (Phi) is 3.91. The molecule has 88 valence electrons. The maximum absolute atomic E-state index is 5.13. The lowest BCUT2D eigenvalue weighted by Crippen LogP contribution is -2.27. The van der Waals surface area contributed by atoms with Gasteiger partial charge < -0.3 is 10.1 Å². The summed E-state index contributed by atoms with van der Waals surface area (Å²) in [6.45, 7) is 4.01. The first kappa shape index (κ1) is 11.6. The van der Waals surface area contributed by atoms with Gasteiger partial charge in [-0.2, -0.15) is 0 Å². The lowest BCUT2D eigenvalue weighted by molar-refractivity contribution is 0.156. The molecule has 1 aromatic rings. The molecule has 0 spiro atoms. The number of ether oxygens (including phenoxy) is 1. The van der Waals surface area contributed by atoms with Crippen LogP contribution in [-0.4, -0.2) is 25.2 Å². The Hall–Kier alpha value is -0.930. The Balaban J connectivity index is 1.88. The van der Waals surface area contributed by atoms with Crippen LogP contribution in [0.4, 0.5) is 0 Å². The highest BCUT2D eigenvalue weighted by Gasteiger charge is 2.23. The Labute approximate surface area is 97.2 Å². The first-order valence-corrected chi connectivity index (χ1v) is 5.97. The van der Waals surface area contributed by atoms with E-state index in [-0.39, 0.29) is 0 Å². The number of hydrogen-bond donors (Lipinski definition) is 1. The number of fused-ring (bicyclic) bond motifs is 1. The zero-order valence-corrected chi connectivity index (χ0v) is 10.1. The zero-order chi connectivity index (χ0) is 11.4. The molecule has 1 aliphatic carbocycles. The van der Waals surface area contributed by atoms with Crippen molar-refractivity contribution in [3.8, 4) is 0 Å². The molecule has 0 fully saturated rings. The van der Waals surface area contributed by atoms with Gasteiger partial charge in [0.2, 0.25) is 0 Å². The highest BCUT2D eigenvalue weighted by atomic mass is 16.5. The van der Waals surface area contributed by atoms with Gasteiger partial charge in [0.15, 0.2) is 0 Å². The van der Waals surface area contributed by atoms with Crippen LogP contribution in [0.3, 0.4) is 0 Å². The summed E-state index contributed by atoms with van der Waals surface area (Å²) in [5.41, 5.74) is 2.64. The Morgan fingerprint density at radius 1 is 1.62 bits per heavy atom. The molecule has 0 aromatic carbocycles. The summed E-state index contributed by atoms with van der Waals surface area (Å²) >= 11 is 0. The summed E-state index contributed by atoms with van der Waals surface area (Å²) in [5.74, 6) is 0.553. The molecule has 1 aliphatic rings. The predicted octanol–water partition coefficient (Wildman–Crippen LogP) is 1.94. The average Bonchev–Trinajstić information content (AvgIpc) is 2.70. The molecule has 2 atom stereocenters. The topological polar surface area (TPSA) is 34.1 Å². The molecular weight excluding hydrogens is 200 g/mol. The van der Waals surface area contributed by atoms with Crippen LogP contribution in [0.15, 0.2) is 18.3 Å². The van der Waals surface area contributed by atoms with Crippen molar-refractivity contribution in [1.29, 1.82) is 0 Å². The SMILES string of the molecule is COCC(C)CNC1CCc2cccnc21. The van der Waals surface area contributed by atoms with Crippen LogP contribution in [0.2, 0.25) is 0 Å². The van der Waals surface area contributed by atoms with E-state index in [1.807, 2.05) is 12.3 Å². The summed E-state index contributed by atoms with van der Waals surface area (Å²) < 4.78 is 5.13. The Morgan fingerprint density at radius 2 is 2.50 bits per heavy atom. The first-order chi connectivity index (χ1) is 7.81. The third-order valence-corrected chi connectivity index (χ3v) is 3.12. The van der Waals surface area contributed by atoms with Crippen molar-refractivity contribution in [3.63, 3.8) is 0 Å². The third-order valence-electron chi connectivity index (χ3n) is 3.12. The monoisotopic (exact) mass is 220 g/mol. The van der Waals surface area contributed by atoms with Gasteiger partial charge in [0.1, 0.15) is 0 Å². The highest BCUT2D eigenvalue weighted by Crippen LogP contribution is 2.28. The maximum Gasteiger partial charge on any atom is 0.0605 e. The molecule has 1 aromatic heterocycles. The van der Waals surface area contributed by atoms with E-state index in [9.17, 15) is 0 Å². The van der Waals surface area contributed by atoms with Crippen LogP contribution >= 0.6 is 0 Å². The van der Waals surface area contributed by atoms with E-state index in [1.54, 1.807) is 7.11 Å².